The van der Waals surface area contributed by atoms with E-state index in [1.54, 1.807) is 6.92 Å². The van der Waals surface area contributed by atoms with Gasteiger partial charge < -0.3 is 4.74 Å². The van der Waals surface area contributed by atoms with Crippen molar-refractivity contribution >= 4 is 5.57 Å². The van der Waals surface area contributed by atoms with Gasteiger partial charge in [0.1, 0.15) is 17.2 Å². The molecule has 0 saturated carbocycles. The molecule has 2 atom stereocenters. The maximum absolute atomic E-state index is 15.6. The highest BCUT2D eigenvalue weighted by molar-refractivity contribution is 5.88. The molecule has 0 amide bonds. The normalized spacial score (nSPS) is 28.1. The zero-order valence-electron chi connectivity index (χ0n) is 19.0. The molecule has 0 saturated heterocycles. The Morgan fingerprint density at radius 2 is 1.76 bits per heavy atom. The standard InChI is InChI=1S/C26H28F6O/c1-4-6-15-7-9-16(10-8-15)17-11-12-18-19-13-14-24(3,33-5-2)23(28)21(19)26(31,32)25(29,30)20(18)22(17)27/h7,11-13,16H,4-6,8-10,14H2,1-3H3. The number of alkyl halides is 4. The van der Waals surface area contributed by atoms with Gasteiger partial charge in [-0.3, -0.25) is 0 Å². The Hall–Kier alpha value is -2.02. The van der Waals surface area contributed by atoms with E-state index in [4.69, 9.17) is 4.74 Å². The van der Waals surface area contributed by atoms with Crippen LogP contribution < -0.4 is 0 Å². The maximum Gasteiger partial charge on any atom is 0.343 e. The third-order valence-electron chi connectivity index (χ3n) is 7.11. The molecule has 3 aliphatic carbocycles. The maximum atomic E-state index is 15.6. The van der Waals surface area contributed by atoms with Gasteiger partial charge in [0.05, 0.1) is 11.1 Å². The Labute approximate surface area is 190 Å². The number of rotatable bonds is 5. The number of halogens is 6. The second-order valence-electron chi connectivity index (χ2n) is 9.30. The van der Waals surface area contributed by atoms with E-state index in [-0.39, 0.29) is 35.6 Å². The first-order valence-corrected chi connectivity index (χ1v) is 11.5. The summed E-state index contributed by atoms with van der Waals surface area (Å²) < 4.78 is 97.0. The van der Waals surface area contributed by atoms with E-state index in [0.717, 1.165) is 19.3 Å². The van der Waals surface area contributed by atoms with Crippen LogP contribution in [0.25, 0.3) is 5.57 Å². The smallest absolute Gasteiger partial charge is 0.343 e. The summed E-state index contributed by atoms with van der Waals surface area (Å²) in [5, 5.41) is 0. The van der Waals surface area contributed by atoms with Gasteiger partial charge >= 0.3 is 11.8 Å². The van der Waals surface area contributed by atoms with Crippen LogP contribution in [0.3, 0.4) is 0 Å². The second-order valence-corrected chi connectivity index (χ2v) is 9.30. The SMILES string of the molecule is CCCC1=CCC(c2ccc3c(c2F)C(F)(F)C(F)(F)C2=C(F)C(C)(OCC)CC=C23)CC1. The molecule has 0 spiro atoms. The number of benzene rings is 1. The molecule has 0 aromatic heterocycles. The first-order valence-electron chi connectivity index (χ1n) is 11.5. The highest BCUT2D eigenvalue weighted by Crippen LogP contribution is 2.61. The van der Waals surface area contributed by atoms with Gasteiger partial charge in [0.2, 0.25) is 0 Å². The van der Waals surface area contributed by atoms with Gasteiger partial charge in [0.15, 0.2) is 0 Å². The van der Waals surface area contributed by atoms with Crippen LogP contribution in [0.15, 0.2) is 41.3 Å². The second kappa shape index (κ2) is 8.33. The number of hydrogen-bond donors (Lipinski definition) is 0. The van der Waals surface area contributed by atoms with Crippen molar-refractivity contribution in [2.45, 2.75) is 82.7 Å². The van der Waals surface area contributed by atoms with Gasteiger partial charge in [-0.25, -0.2) is 8.78 Å². The highest BCUT2D eigenvalue weighted by atomic mass is 19.3. The minimum absolute atomic E-state index is 0.0134. The monoisotopic (exact) mass is 470 g/mol. The summed E-state index contributed by atoms with van der Waals surface area (Å²) in [7, 11) is 0. The van der Waals surface area contributed by atoms with Gasteiger partial charge in [-0.05, 0) is 62.1 Å². The van der Waals surface area contributed by atoms with E-state index in [2.05, 4.69) is 6.92 Å². The summed E-state index contributed by atoms with van der Waals surface area (Å²) in [4.78, 5) is 0. The molecule has 0 bridgehead atoms. The minimum Gasteiger partial charge on any atom is -0.368 e. The molecule has 0 heterocycles. The molecule has 1 aromatic carbocycles. The molecule has 7 heteroatoms. The Bertz CT molecular complexity index is 1050. The van der Waals surface area contributed by atoms with E-state index in [9.17, 15) is 0 Å². The van der Waals surface area contributed by atoms with Crippen molar-refractivity contribution in [3.05, 3.63) is 63.8 Å². The van der Waals surface area contributed by atoms with Crippen LogP contribution in [0.5, 0.6) is 0 Å². The summed E-state index contributed by atoms with van der Waals surface area (Å²) in [5.74, 6) is -12.9. The molecule has 0 radical (unpaired) electrons. The Morgan fingerprint density at radius 3 is 2.36 bits per heavy atom. The van der Waals surface area contributed by atoms with Crippen molar-refractivity contribution in [2.24, 2.45) is 0 Å². The molecule has 180 valence electrons. The van der Waals surface area contributed by atoms with Crippen LogP contribution in [0, 0.1) is 5.82 Å². The zero-order chi connectivity index (χ0) is 24.2. The van der Waals surface area contributed by atoms with Gasteiger partial charge in [-0.1, -0.05) is 43.2 Å². The lowest BCUT2D eigenvalue weighted by Crippen LogP contribution is -2.48. The highest BCUT2D eigenvalue weighted by Gasteiger charge is 2.68. The van der Waals surface area contributed by atoms with Crippen molar-refractivity contribution in [3.8, 4) is 0 Å². The Balaban J connectivity index is 1.84. The van der Waals surface area contributed by atoms with Gasteiger partial charge in [-0.15, -0.1) is 0 Å². The van der Waals surface area contributed by atoms with Crippen LogP contribution in [0.1, 0.15) is 81.9 Å². The average molecular weight is 470 g/mol. The van der Waals surface area contributed by atoms with Gasteiger partial charge in [0, 0.05) is 13.0 Å². The van der Waals surface area contributed by atoms with E-state index in [1.165, 1.54) is 30.7 Å². The molecule has 4 rings (SSSR count). The van der Waals surface area contributed by atoms with Crippen LogP contribution in [0.2, 0.25) is 0 Å². The molecule has 0 N–H and O–H groups in total. The van der Waals surface area contributed by atoms with E-state index in [0.29, 0.717) is 12.8 Å². The molecule has 1 nitrogen and oxygen atoms in total. The summed E-state index contributed by atoms with van der Waals surface area (Å²) in [6.45, 7) is 4.89. The van der Waals surface area contributed by atoms with Gasteiger partial charge in [0.25, 0.3) is 0 Å². The molecular formula is C26H28F6O. The first kappa shape index (κ1) is 24.1. The summed E-state index contributed by atoms with van der Waals surface area (Å²) in [6, 6.07) is 2.63. The van der Waals surface area contributed by atoms with Crippen LogP contribution >= 0.6 is 0 Å². The molecule has 0 aliphatic heterocycles. The first-order chi connectivity index (χ1) is 15.5. The van der Waals surface area contributed by atoms with Crippen molar-refractivity contribution in [2.75, 3.05) is 6.61 Å². The van der Waals surface area contributed by atoms with Crippen LogP contribution in [-0.4, -0.2) is 18.1 Å². The fourth-order valence-electron chi connectivity index (χ4n) is 5.34. The van der Waals surface area contributed by atoms with Crippen molar-refractivity contribution < 1.29 is 31.1 Å². The van der Waals surface area contributed by atoms with Gasteiger partial charge in [-0.2, -0.15) is 17.6 Å². The fourth-order valence-corrected chi connectivity index (χ4v) is 5.34. The Morgan fingerprint density at radius 1 is 1.03 bits per heavy atom. The summed E-state index contributed by atoms with van der Waals surface area (Å²) in [5.41, 5.74) is -4.01. The van der Waals surface area contributed by atoms with E-state index in [1.807, 2.05) is 6.08 Å². The van der Waals surface area contributed by atoms with Crippen LogP contribution in [-0.2, 0) is 10.7 Å². The van der Waals surface area contributed by atoms with Crippen molar-refractivity contribution in [1.82, 2.24) is 0 Å². The van der Waals surface area contributed by atoms with Crippen molar-refractivity contribution in [3.63, 3.8) is 0 Å². The number of allylic oxidation sites excluding steroid dienone is 4. The lowest BCUT2D eigenvalue weighted by atomic mass is 9.71. The molecule has 3 aliphatic rings. The van der Waals surface area contributed by atoms with E-state index < -0.39 is 40.2 Å². The number of hydrogen-bond acceptors (Lipinski definition) is 1. The molecule has 33 heavy (non-hydrogen) atoms. The third kappa shape index (κ3) is 3.58. The largest absolute Gasteiger partial charge is 0.368 e. The quantitative estimate of drug-likeness (QED) is 0.310. The average Bonchev–Trinajstić information content (AvgIpc) is 2.75. The topological polar surface area (TPSA) is 9.23 Å². The predicted molar refractivity (Wildman–Crippen MR) is 116 cm³/mol. The zero-order valence-corrected chi connectivity index (χ0v) is 19.0. The summed E-state index contributed by atoms with van der Waals surface area (Å²) in [6.07, 6.45) is 6.81. The predicted octanol–water partition coefficient (Wildman–Crippen LogP) is 8.37. The van der Waals surface area contributed by atoms with E-state index >= 15 is 26.3 Å². The minimum atomic E-state index is -4.92. The number of ether oxygens (including phenoxy) is 1. The molecule has 0 fully saturated rings. The molecule has 2 unspecified atom stereocenters. The van der Waals surface area contributed by atoms with Crippen LogP contribution in [0.4, 0.5) is 26.3 Å². The Kier molecular flexibility index (Phi) is 6.09. The molecule has 1 aromatic rings. The summed E-state index contributed by atoms with van der Waals surface area (Å²) >= 11 is 0. The van der Waals surface area contributed by atoms with Crippen molar-refractivity contribution in [1.29, 1.82) is 0 Å². The lowest BCUT2D eigenvalue weighted by Gasteiger charge is -2.42. The fraction of sp³-hybridized carbons (Fsp3) is 0.538. The molecular weight excluding hydrogens is 442 g/mol. The lowest BCUT2D eigenvalue weighted by molar-refractivity contribution is -0.197. The number of fused-ring (bicyclic) bond motifs is 3. The third-order valence-corrected chi connectivity index (χ3v) is 7.11.